The van der Waals surface area contributed by atoms with E-state index in [4.69, 9.17) is 29.4 Å². The topological polar surface area (TPSA) is 140 Å². The van der Waals surface area contributed by atoms with Crippen molar-refractivity contribution < 1.29 is 42.9 Å². The summed E-state index contributed by atoms with van der Waals surface area (Å²) in [5.74, 6) is -2.14. The Balaban J connectivity index is 2.97. The maximum Gasteiger partial charge on any atom is 0.508 e. The van der Waals surface area contributed by atoms with Crippen LogP contribution < -0.4 is 15.2 Å². The zero-order valence-corrected chi connectivity index (χ0v) is 26.4. The fourth-order valence-electron chi connectivity index (χ4n) is 3.05. The van der Waals surface area contributed by atoms with Crippen LogP contribution in [0.1, 0.15) is 81.7 Å². The van der Waals surface area contributed by atoms with E-state index in [9.17, 15) is 19.2 Å². The van der Waals surface area contributed by atoms with Crippen LogP contribution in [0.2, 0.25) is 0 Å². The van der Waals surface area contributed by atoms with E-state index in [0.29, 0.717) is 5.56 Å². The van der Waals surface area contributed by atoms with Crippen molar-refractivity contribution in [2.45, 2.75) is 101 Å². The third-order valence-electron chi connectivity index (χ3n) is 6.80. The highest BCUT2D eigenvalue weighted by atomic mass is 16.7. The summed E-state index contributed by atoms with van der Waals surface area (Å²) in [6.07, 6.45) is -2.35. The molecule has 232 valence electrons. The Morgan fingerprint density at radius 2 is 1.22 bits per heavy atom. The monoisotopic (exact) mass is 579 g/mol. The van der Waals surface area contributed by atoms with E-state index in [1.54, 1.807) is 33.8 Å². The highest BCUT2D eigenvalue weighted by Crippen LogP contribution is 2.31. The summed E-state index contributed by atoms with van der Waals surface area (Å²) >= 11 is 0. The number of carbonyl (C=O) groups is 4. The molecular formula is C31H49NO9. The lowest BCUT2D eigenvalue weighted by molar-refractivity contribution is -0.155. The highest BCUT2D eigenvalue weighted by Gasteiger charge is 2.27. The van der Waals surface area contributed by atoms with Gasteiger partial charge in [0.2, 0.25) is 0 Å². The maximum atomic E-state index is 12.7. The molecule has 10 nitrogen and oxygen atoms in total. The van der Waals surface area contributed by atoms with Gasteiger partial charge in [-0.3, -0.25) is 14.4 Å². The SMILES string of the molecule is CC(C)C(C)C(=O)Oc1ccc(C[C@H](N)C(=O)O[C@@H](C)[C@H](C)OC(=O)OCC(C)(C)C)cc1OC(=O)C(C)C(C)C. The molecule has 0 fully saturated rings. The predicted octanol–water partition coefficient (Wildman–Crippen LogP) is 5.47. The summed E-state index contributed by atoms with van der Waals surface area (Å²) in [5.41, 5.74) is 6.47. The first-order chi connectivity index (χ1) is 18.8. The lowest BCUT2D eigenvalue weighted by Crippen LogP contribution is -2.39. The molecule has 0 saturated heterocycles. The van der Waals surface area contributed by atoms with Crippen molar-refractivity contribution in [1.82, 2.24) is 0 Å². The van der Waals surface area contributed by atoms with Gasteiger partial charge in [0.05, 0.1) is 18.4 Å². The highest BCUT2D eigenvalue weighted by molar-refractivity contribution is 5.79. The zero-order valence-electron chi connectivity index (χ0n) is 26.4. The predicted molar refractivity (Wildman–Crippen MR) is 154 cm³/mol. The number of benzene rings is 1. The van der Waals surface area contributed by atoms with Crippen LogP contribution in [0, 0.1) is 29.1 Å². The molecule has 1 rings (SSSR count). The Morgan fingerprint density at radius 1 is 0.732 bits per heavy atom. The molecule has 2 N–H and O–H groups in total. The number of esters is 3. The van der Waals surface area contributed by atoms with Gasteiger partial charge in [-0.1, -0.05) is 68.4 Å². The Labute approximate surface area is 244 Å². The lowest BCUT2D eigenvalue weighted by Gasteiger charge is -2.23. The van der Waals surface area contributed by atoms with E-state index in [0.717, 1.165) is 0 Å². The number of carbonyl (C=O) groups excluding carboxylic acids is 4. The first-order valence-corrected chi connectivity index (χ1v) is 14.2. The second-order valence-electron chi connectivity index (χ2n) is 12.6. The zero-order chi connectivity index (χ0) is 31.7. The number of hydrogen-bond acceptors (Lipinski definition) is 10. The minimum Gasteiger partial charge on any atom is -0.458 e. The second kappa shape index (κ2) is 15.7. The van der Waals surface area contributed by atoms with Crippen LogP contribution in [-0.2, 0) is 35.0 Å². The molecule has 0 amide bonds. The van der Waals surface area contributed by atoms with Gasteiger partial charge in [-0.2, -0.15) is 0 Å². The molecule has 2 unspecified atom stereocenters. The number of rotatable bonds is 13. The molecule has 0 saturated carbocycles. The molecule has 41 heavy (non-hydrogen) atoms. The van der Waals surface area contributed by atoms with Crippen LogP contribution in [0.25, 0.3) is 0 Å². The molecule has 0 heterocycles. The number of ether oxygens (including phenoxy) is 5. The normalized spacial score (nSPS) is 15.4. The fraction of sp³-hybridized carbons (Fsp3) is 0.677. The molecule has 0 aliphatic rings. The summed E-state index contributed by atoms with van der Waals surface area (Å²) in [5, 5.41) is 0. The molecule has 0 spiro atoms. The van der Waals surface area contributed by atoms with E-state index in [1.807, 2.05) is 48.5 Å². The van der Waals surface area contributed by atoms with Gasteiger partial charge >= 0.3 is 24.1 Å². The summed E-state index contributed by atoms with van der Waals surface area (Å²) in [7, 11) is 0. The third-order valence-corrected chi connectivity index (χ3v) is 6.80. The maximum absolute atomic E-state index is 12.7. The molecule has 1 aromatic carbocycles. The van der Waals surface area contributed by atoms with Gasteiger partial charge in [0.15, 0.2) is 11.5 Å². The van der Waals surface area contributed by atoms with Gasteiger partial charge in [0, 0.05) is 0 Å². The lowest BCUT2D eigenvalue weighted by atomic mass is 9.98. The van der Waals surface area contributed by atoms with Crippen molar-refractivity contribution in [1.29, 1.82) is 0 Å². The minimum atomic E-state index is -1.06. The van der Waals surface area contributed by atoms with E-state index in [1.165, 1.54) is 12.1 Å². The first-order valence-electron chi connectivity index (χ1n) is 14.2. The van der Waals surface area contributed by atoms with Crippen LogP contribution in [0.5, 0.6) is 11.5 Å². The number of hydrogen-bond donors (Lipinski definition) is 1. The smallest absolute Gasteiger partial charge is 0.458 e. The Hall–Kier alpha value is -3.14. The van der Waals surface area contributed by atoms with Crippen molar-refractivity contribution in [2.75, 3.05) is 6.61 Å². The Bertz CT molecular complexity index is 1040. The average Bonchev–Trinajstić information content (AvgIpc) is 2.86. The second-order valence-corrected chi connectivity index (χ2v) is 12.6. The van der Waals surface area contributed by atoms with Crippen molar-refractivity contribution in [3.63, 3.8) is 0 Å². The van der Waals surface area contributed by atoms with Crippen molar-refractivity contribution >= 4 is 24.1 Å². The Morgan fingerprint density at radius 3 is 1.71 bits per heavy atom. The van der Waals surface area contributed by atoms with Gasteiger partial charge in [-0.25, -0.2) is 4.79 Å². The minimum absolute atomic E-state index is 0.0366. The van der Waals surface area contributed by atoms with Crippen LogP contribution in [0.3, 0.4) is 0 Å². The van der Waals surface area contributed by atoms with E-state index in [-0.39, 0.29) is 47.7 Å². The summed E-state index contributed by atoms with van der Waals surface area (Å²) in [6.45, 7) is 20.3. The molecule has 0 radical (unpaired) electrons. The van der Waals surface area contributed by atoms with Gasteiger partial charge in [0.25, 0.3) is 0 Å². The van der Waals surface area contributed by atoms with Crippen LogP contribution in [-0.4, -0.2) is 48.9 Å². The Kier molecular flexibility index (Phi) is 13.8. The fourth-order valence-corrected chi connectivity index (χ4v) is 3.05. The van der Waals surface area contributed by atoms with Crippen molar-refractivity contribution in [3.05, 3.63) is 23.8 Å². The number of nitrogens with two attached hydrogens (primary N) is 1. The largest absolute Gasteiger partial charge is 0.508 e. The quantitative estimate of drug-likeness (QED) is 0.236. The van der Waals surface area contributed by atoms with Crippen LogP contribution in [0.4, 0.5) is 4.79 Å². The summed E-state index contributed by atoms with van der Waals surface area (Å²) in [6, 6.07) is 3.62. The molecule has 0 aromatic heterocycles. The van der Waals surface area contributed by atoms with Gasteiger partial charge in [0.1, 0.15) is 18.2 Å². The van der Waals surface area contributed by atoms with E-state index in [2.05, 4.69) is 0 Å². The van der Waals surface area contributed by atoms with Crippen LogP contribution >= 0.6 is 0 Å². The summed E-state index contributed by atoms with van der Waals surface area (Å²) < 4.78 is 26.9. The van der Waals surface area contributed by atoms with E-state index >= 15 is 0 Å². The van der Waals surface area contributed by atoms with Gasteiger partial charge in [-0.05, 0) is 55.2 Å². The molecular weight excluding hydrogens is 530 g/mol. The molecule has 10 heteroatoms. The van der Waals surface area contributed by atoms with Crippen molar-refractivity contribution in [3.8, 4) is 11.5 Å². The van der Waals surface area contributed by atoms with Gasteiger partial charge < -0.3 is 29.4 Å². The van der Waals surface area contributed by atoms with Crippen LogP contribution in [0.15, 0.2) is 18.2 Å². The standard InChI is InChI=1S/C31H49NO9/c1-17(2)19(5)27(33)40-25-13-12-23(15-26(25)41-28(34)20(6)18(3)4)14-24(32)29(35)38-21(7)22(8)39-30(36)37-16-31(9,10)11/h12-13,15,17-22,24H,14,16,32H2,1-11H3/t19?,20?,21-,22-,24-/m0/s1. The van der Waals surface area contributed by atoms with Crippen molar-refractivity contribution in [2.24, 2.45) is 34.8 Å². The third kappa shape index (κ3) is 12.5. The molecule has 5 atom stereocenters. The molecule has 1 aromatic rings. The summed E-state index contributed by atoms with van der Waals surface area (Å²) in [4.78, 5) is 50.0. The first kappa shape index (κ1) is 35.9. The molecule has 0 bridgehead atoms. The average molecular weight is 580 g/mol. The molecule has 0 aliphatic heterocycles. The molecule has 0 aliphatic carbocycles. The van der Waals surface area contributed by atoms with Gasteiger partial charge in [-0.15, -0.1) is 0 Å². The van der Waals surface area contributed by atoms with E-state index < -0.39 is 48.2 Å².